The highest BCUT2D eigenvalue weighted by molar-refractivity contribution is 5.88. The van der Waals surface area contributed by atoms with Crippen LogP contribution in [-0.4, -0.2) is 17.4 Å². The molecule has 7 heteroatoms. The molecule has 0 spiro atoms. The predicted octanol–water partition coefficient (Wildman–Crippen LogP) is 2.35. The third-order valence-electron chi connectivity index (χ3n) is 1.73. The molecule has 17 heavy (non-hydrogen) atoms. The van der Waals surface area contributed by atoms with Gasteiger partial charge in [0, 0.05) is 0 Å². The average Bonchev–Trinajstić information content (AvgIpc) is 2.14. The number of nitriles is 1. The number of rotatable bonds is 3. The molecule has 0 aliphatic carbocycles. The topological polar surface area (TPSA) is 70.3 Å². The summed E-state index contributed by atoms with van der Waals surface area (Å²) in [6.07, 6.45) is -5.10. The fourth-order valence-electron chi connectivity index (χ4n) is 1.17. The zero-order valence-corrected chi connectivity index (χ0v) is 8.28. The summed E-state index contributed by atoms with van der Waals surface area (Å²) in [7, 11) is 0. The van der Waals surface area contributed by atoms with Crippen LogP contribution >= 0.6 is 0 Å². The van der Waals surface area contributed by atoms with Gasteiger partial charge in [0.2, 0.25) is 0 Å². The average molecular weight is 245 g/mol. The lowest BCUT2D eigenvalue weighted by molar-refractivity contribution is -0.274. The van der Waals surface area contributed by atoms with Crippen molar-refractivity contribution in [3.8, 4) is 11.8 Å². The second-order valence-corrected chi connectivity index (χ2v) is 3.05. The lowest BCUT2D eigenvalue weighted by Crippen LogP contribution is -2.17. The molecule has 1 N–H and O–H groups in total. The van der Waals surface area contributed by atoms with Crippen LogP contribution in [0.1, 0.15) is 15.9 Å². The van der Waals surface area contributed by atoms with Gasteiger partial charge in [-0.25, -0.2) is 4.79 Å². The standard InChI is InChI=1S/C10H6F3NO3/c11-10(12,13)17-8-4-6(1-2-14)3-7(5-8)9(15)16/h3-5H,1H2,(H,15,16). The van der Waals surface area contributed by atoms with E-state index >= 15 is 0 Å². The van der Waals surface area contributed by atoms with Crippen molar-refractivity contribution in [2.75, 3.05) is 0 Å². The molecule has 0 bridgehead atoms. The van der Waals surface area contributed by atoms with E-state index in [1.165, 1.54) is 0 Å². The highest BCUT2D eigenvalue weighted by Crippen LogP contribution is 2.25. The van der Waals surface area contributed by atoms with Gasteiger partial charge in [-0.1, -0.05) is 0 Å². The monoisotopic (exact) mass is 245 g/mol. The van der Waals surface area contributed by atoms with Gasteiger partial charge in [-0.2, -0.15) is 5.26 Å². The number of carboxylic acid groups (broad SMARTS) is 1. The molecule has 1 rings (SSSR count). The smallest absolute Gasteiger partial charge is 0.478 e. The van der Waals surface area contributed by atoms with Crippen molar-refractivity contribution in [3.63, 3.8) is 0 Å². The number of ether oxygens (including phenoxy) is 1. The Balaban J connectivity index is 3.13. The minimum absolute atomic E-state index is 0.145. The zero-order valence-electron chi connectivity index (χ0n) is 8.28. The van der Waals surface area contributed by atoms with Crippen molar-refractivity contribution < 1.29 is 27.8 Å². The molecule has 0 heterocycles. The fraction of sp³-hybridized carbons (Fsp3) is 0.200. The first-order valence-electron chi connectivity index (χ1n) is 4.32. The number of carboxylic acids is 1. The molecule has 1 aromatic rings. The number of halogens is 3. The Hall–Kier alpha value is -2.23. The van der Waals surface area contributed by atoms with Crippen LogP contribution in [0.3, 0.4) is 0 Å². The highest BCUT2D eigenvalue weighted by atomic mass is 19.4. The van der Waals surface area contributed by atoms with E-state index < -0.39 is 18.1 Å². The summed E-state index contributed by atoms with van der Waals surface area (Å²) in [4.78, 5) is 10.7. The van der Waals surface area contributed by atoms with Crippen molar-refractivity contribution in [2.24, 2.45) is 0 Å². The van der Waals surface area contributed by atoms with Crippen LogP contribution in [0, 0.1) is 11.3 Å². The zero-order chi connectivity index (χ0) is 13.1. The van der Waals surface area contributed by atoms with Crippen LogP contribution in [0.2, 0.25) is 0 Å². The largest absolute Gasteiger partial charge is 0.573 e. The van der Waals surface area contributed by atoms with E-state index in [-0.39, 0.29) is 17.5 Å². The number of aromatic carboxylic acids is 1. The molecule has 0 saturated heterocycles. The van der Waals surface area contributed by atoms with E-state index in [1.54, 1.807) is 6.07 Å². The van der Waals surface area contributed by atoms with Gasteiger partial charge in [0.05, 0.1) is 18.1 Å². The lowest BCUT2D eigenvalue weighted by Gasteiger charge is -2.10. The Bertz CT molecular complexity index is 477. The van der Waals surface area contributed by atoms with Gasteiger partial charge in [-0.05, 0) is 23.8 Å². The Labute approximate surface area is 93.8 Å². The van der Waals surface area contributed by atoms with Crippen LogP contribution in [0.15, 0.2) is 18.2 Å². The minimum atomic E-state index is -4.90. The van der Waals surface area contributed by atoms with Crippen LogP contribution in [0.5, 0.6) is 5.75 Å². The minimum Gasteiger partial charge on any atom is -0.478 e. The first-order chi connectivity index (χ1) is 7.81. The van der Waals surface area contributed by atoms with Gasteiger partial charge in [0.15, 0.2) is 0 Å². The van der Waals surface area contributed by atoms with E-state index in [0.29, 0.717) is 0 Å². The molecule has 0 aliphatic heterocycles. The molecule has 0 saturated carbocycles. The van der Waals surface area contributed by atoms with Crippen LogP contribution < -0.4 is 4.74 Å². The fourth-order valence-corrected chi connectivity index (χ4v) is 1.17. The van der Waals surface area contributed by atoms with Crippen molar-refractivity contribution >= 4 is 5.97 Å². The number of hydrogen-bond donors (Lipinski definition) is 1. The number of alkyl halides is 3. The summed E-state index contributed by atoms with van der Waals surface area (Å²) >= 11 is 0. The van der Waals surface area contributed by atoms with Crippen LogP contribution in [0.4, 0.5) is 13.2 Å². The maximum atomic E-state index is 12.0. The second kappa shape index (κ2) is 4.74. The molecule has 0 amide bonds. The highest BCUT2D eigenvalue weighted by Gasteiger charge is 2.31. The number of hydrogen-bond acceptors (Lipinski definition) is 3. The van der Waals surface area contributed by atoms with E-state index in [1.807, 2.05) is 0 Å². The number of benzene rings is 1. The van der Waals surface area contributed by atoms with Crippen molar-refractivity contribution in [3.05, 3.63) is 29.3 Å². The Morgan fingerprint density at radius 2 is 2.06 bits per heavy atom. The van der Waals surface area contributed by atoms with E-state index in [2.05, 4.69) is 4.74 Å². The first kappa shape index (κ1) is 12.8. The normalized spacial score (nSPS) is 10.7. The quantitative estimate of drug-likeness (QED) is 0.887. The third kappa shape index (κ3) is 4.03. The van der Waals surface area contributed by atoms with Gasteiger partial charge in [0.1, 0.15) is 5.75 Å². The molecular weight excluding hydrogens is 239 g/mol. The van der Waals surface area contributed by atoms with Crippen molar-refractivity contribution in [1.82, 2.24) is 0 Å². The van der Waals surface area contributed by atoms with Crippen molar-refractivity contribution in [1.29, 1.82) is 5.26 Å². The maximum Gasteiger partial charge on any atom is 0.573 e. The molecule has 1 aromatic carbocycles. The van der Waals surface area contributed by atoms with Gasteiger partial charge in [0.25, 0.3) is 0 Å². The Morgan fingerprint density at radius 1 is 1.41 bits per heavy atom. The van der Waals surface area contributed by atoms with E-state index in [9.17, 15) is 18.0 Å². The molecule has 0 unspecified atom stereocenters. The molecule has 0 atom stereocenters. The molecule has 0 radical (unpaired) electrons. The summed E-state index contributed by atoms with van der Waals surface area (Å²) in [5.74, 6) is -2.04. The summed E-state index contributed by atoms with van der Waals surface area (Å²) < 4.78 is 39.5. The van der Waals surface area contributed by atoms with Gasteiger partial charge >= 0.3 is 12.3 Å². The van der Waals surface area contributed by atoms with Crippen molar-refractivity contribution in [2.45, 2.75) is 12.8 Å². The molecule has 0 aliphatic rings. The molecule has 0 aromatic heterocycles. The third-order valence-corrected chi connectivity index (χ3v) is 1.73. The van der Waals surface area contributed by atoms with E-state index in [0.717, 1.165) is 18.2 Å². The predicted molar refractivity (Wildman–Crippen MR) is 49.4 cm³/mol. The maximum absolute atomic E-state index is 12.0. The van der Waals surface area contributed by atoms with Gasteiger partial charge < -0.3 is 9.84 Å². The molecule has 0 fully saturated rings. The summed E-state index contributed by atoms with van der Waals surface area (Å²) in [5.41, 5.74) is -0.219. The van der Waals surface area contributed by atoms with Crippen LogP contribution in [0.25, 0.3) is 0 Å². The van der Waals surface area contributed by atoms with Crippen LogP contribution in [-0.2, 0) is 6.42 Å². The SMILES string of the molecule is N#CCc1cc(OC(F)(F)F)cc(C(=O)O)c1. The second-order valence-electron chi connectivity index (χ2n) is 3.05. The van der Waals surface area contributed by atoms with E-state index in [4.69, 9.17) is 10.4 Å². The number of nitrogens with zero attached hydrogens (tertiary/aromatic N) is 1. The Morgan fingerprint density at radius 3 is 2.53 bits per heavy atom. The first-order valence-corrected chi connectivity index (χ1v) is 4.32. The van der Waals surface area contributed by atoms with Gasteiger partial charge in [-0.3, -0.25) is 0 Å². The summed E-state index contributed by atoms with van der Waals surface area (Å²) in [5, 5.41) is 17.1. The molecule has 4 nitrogen and oxygen atoms in total. The summed E-state index contributed by atoms with van der Waals surface area (Å²) in [6, 6.07) is 4.55. The summed E-state index contributed by atoms with van der Waals surface area (Å²) in [6.45, 7) is 0. The Kier molecular flexibility index (Phi) is 3.58. The molecular formula is C10H6F3NO3. The molecule has 90 valence electrons. The van der Waals surface area contributed by atoms with Gasteiger partial charge in [-0.15, -0.1) is 13.2 Å². The lowest BCUT2D eigenvalue weighted by atomic mass is 10.1. The number of carbonyl (C=O) groups is 1.